The lowest BCUT2D eigenvalue weighted by molar-refractivity contribution is 0.443. The average molecular weight is 328 g/mol. The highest BCUT2D eigenvalue weighted by Crippen LogP contribution is 2.42. The quantitative estimate of drug-likeness (QED) is 0.637. The first-order valence-electron chi connectivity index (χ1n) is 5.72. The lowest BCUT2D eigenvalue weighted by atomic mass is 10.0. The second-order valence-corrected chi connectivity index (χ2v) is 5.64. The number of nitrogens with zero attached hydrogens (tertiary/aromatic N) is 1. The van der Waals surface area contributed by atoms with Crippen molar-refractivity contribution in [1.29, 1.82) is 0 Å². The molecule has 0 atom stereocenters. The van der Waals surface area contributed by atoms with E-state index < -0.39 is 0 Å². The first kappa shape index (κ1) is 13.4. The van der Waals surface area contributed by atoms with Crippen molar-refractivity contribution in [3.05, 3.63) is 51.5 Å². The molecule has 3 N–H and O–H groups in total. The Bertz CT molecular complexity index is 810. The van der Waals surface area contributed by atoms with Crippen LogP contribution in [-0.4, -0.2) is 9.78 Å². The summed E-state index contributed by atoms with van der Waals surface area (Å²) >= 11 is 18.1. The maximum absolute atomic E-state index is 10.3. The third kappa shape index (κ3) is 1.99. The van der Waals surface area contributed by atoms with E-state index in [1.165, 1.54) is 0 Å². The van der Waals surface area contributed by atoms with Gasteiger partial charge in [-0.15, -0.1) is 0 Å². The fourth-order valence-corrected chi connectivity index (χ4v) is 2.94. The van der Waals surface area contributed by atoms with Gasteiger partial charge in [0.15, 0.2) is 0 Å². The van der Waals surface area contributed by atoms with Gasteiger partial charge in [-0.2, -0.15) is 0 Å². The molecule has 0 spiro atoms. The molecule has 2 aromatic carbocycles. The monoisotopic (exact) mass is 326 g/mol. The Morgan fingerprint density at radius 2 is 1.60 bits per heavy atom. The Morgan fingerprint density at radius 1 is 0.950 bits per heavy atom. The van der Waals surface area contributed by atoms with Crippen LogP contribution in [0.5, 0.6) is 5.88 Å². The number of nitrogens with two attached hydrogens (primary N) is 1. The van der Waals surface area contributed by atoms with Crippen molar-refractivity contribution in [2.45, 2.75) is 0 Å². The van der Waals surface area contributed by atoms with Gasteiger partial charge in [0.25, 0.3) is 0 Å². The smallest absolute Gasteiger partial charge is 0.219 e. The summed E-state index contributed by atoms with van der Waals surface area (Å²) in [5.74, 6) is 5.79. The fraction of sp³-hybridized carbons (Fsp3) is 0. The second kappa shape index (κ2) is 4.77. The van der Waals surface area contributed by atoms with Crippen molar-refractivity contribution >= 4 is 45.7 Å². The van der Waals surface area contributed by atoms with Gasteiger partial charge in [-0.3, -0.25) is 0 Å². The molecule has 0 unspecified atom stereocenters. The Kier molecular flexibility index (Phi) is 3.21. The predicted octanol–water partition coefficient (Wildman–Crippen LogP) is 4.69. The molecule has 0 fully saturated rings. The molecule has 0 aliphatic heterocycles. The molecule has 0 bridgehead atoms. The standard InChI is InChI=1S/C14H9Cl3N2O/c15-8-3-1-7(2-4-8)12-13-10(17)5-9(16)6-11(13)19(18)14(12)20/h1-6,20H,18H2. The van der Waals surface area contributed by atoms with Gasteiger partial charge in [0, 0.05) is 15.4 Å². The molecule has 3 nitrogen and oxygen atoms in total. The zero-order valence-corrected chi connectivity index (χ0v) is 12.3. The van der Waals surface area contributed by atoms with Crippen LogP contribution >= 0.6 is 34.8 Å². The second-order valence-electron chi connectivity index (χ2n) is 4.36. The normalized spacial score (nSPS) is 11.2. The van der Waals surface area contributed by atoms with Gasteiger partial charge < -0.3 is 10.9 Å². The number of aromatic nitrogens is 1. The van der Waals surface area contributed by atoms with Gasteiger partial charge >= 0.3 is 0 Å². The van der Waals surface area contributed by atoms with E-state index in [4.69, 9.17) is 40.6 Å². The van der Waals surface area contributed by atoms with Crippen molar-refractivity contribution in [3.8, 4) is 17.0 Å². The maximum Gasteiger partial charge on any atom is 0.219 e. The van der Waals surface area contributed by atoms with Crippen LogP contribution < -0.4 is 5.84 Å². The molecule has 20 heavy (non-hydrogen) atoms. The van der Waals surface area contributed by atoms with Gasteiger partial charge in [0.2, 0.25) is 5.88 Å². The van der Waals surface area contributed by atoms with Crippen LogP contribution in [0, 0.1) is 0 Å². The Morgan fingerprint density at radius 3 is 2.25 bits per heavy atom. The molecule has 1 aromatic heterocycles. The van der Waals surface area contributed by atoms with E-state index in [0.717, 1.165) is 10.2 Å². The number of hydrogen-bond acceptors (Lipinski definition) is 2. The number of rotatable bonds is 1. The van der Waals surface area contributed by atoms with Crippen LogP contribution in [-0.2, 0) is 0 Å². The molecule has 0 aliphatic rings. The summed E-state index contributed by atoms with van der Waals surface area (Å²) in [7, 11) is 0. The van der Waals surface area contributed by atoms with Crippen molar-refractivity contribution in [2.75, 3.05) is 5.84 Å². The number of nitrogen functional groups attached to an aromatic ring is 1. The summed E-state index contributed by atoms with van der Waals surface area (Å²) in [5, 5.41) is 12.4. The largest absolute Gasteiger partial charge is 0.493 e. The minimum Gasteiger partial charge on any atom is -0.493 e. The van der Waals surface area contributed by atoms with Gasteiger partial charge in [0.05, 0.1) is 16.1 Å². The van der Waals surface area contributed by atoms with E-state index in [0.29, 0.717) is 31.5 Å². The summed E-state index contributed by atoms with van der Waals surface area (Å²) < 4.78 is 1.16. The molecule has 6 heteroatoms. The molecule has 3 aromatic rings. The zero-order chi connectivity index (χ0) is 14.4. The number of fused-ring (bicyclic) bond motifs is 1. The maximum atomic E-state index is 10.3. The highest BCUT2D eigenvalue weighted by atomic mass is 35.5. The van der Waals surface area contributed by atoms with Gasteiger partial charge in [-0.25, -0.2) is 4.68 Å². The minimum absolute atomic E-state index is 0.0773. The van der Waals surface area contributed by atoms with E-state index >= 15 is 0 Å². The van der Waals surface area contributed by atoms with E-state index in [-0.39, 0.29) is 5.88 Å². The molecular weight excluding hydrogens is 319 g/mol. The first-order chi connectivity index (χ1) is 9.49. The minimum atomic E-state index is -0.0773. The fourth-order valence-electron chi connectivity index (χ4n) is 2.23. The zero-order valence-electron chi connectivity index (χ0n) is 10.1. The molecule has 0 radical (unpaired) electrons. The summed E-state index contributed by atoms with van der Waals surface area (Å²) in [6.45, 7) is 0. The molecule has 0 saturated heterocycles. The topological polar surface area (TPSA) is 51.2 Å². The van der Waals surface area contributed by atoms with Crippen LogP contribution in [0.3, 0.4) is 0 Å². The van der Waals surface area contributed by atoms with Gasteiger partial charge in [-0.1, -0.05) is 46.9 Å². The van der Waals surface area contributed by atoms with Crippen LogP contribution in [0.1, 0.15) is 0 Å². The van der Waals surface area contributed by atoms with Crippen molar-refractivity contribution in [3.63, 3.8) is 0 Å². The van der Waals surface area contributed by atoms with Crippen LogP contribution in [0.15, 0.2) is 36.4 Å². The van der Waals surface area contributed by atoms with Crippen LogP contribution in [0.4, 0.5) is 0 Å². The van der Waals surface area contributed by atoms with Crippen LogP contribution in [0.2, 0.25) is 15.1 Å². The summed E-state index contributed by atoms with van der Waals surface area (Å²) in [4.78, 5) is 0. The molecule has 3 rings (SSSR count). The third-order valence-corrected chi connectivity index (χ3v) is 3.90. The number of benzene rings is 2. The average Bonchev–Trinajstić information content (AvgIpc) is 2.65. The summed E-state index contributed by atoms with van der Waals surface area (Å²) in [6.07, 6.45) is 0. The SMILES string of the molecule is Nn1c(O)c(-c2ccc(Cl)cc2)c2c(Cl)cc(Cl)cc21. The third-order valence-electron chi connectivity index (χ3n) is 3.13. The highest BCUT2D eigenvalue weighted by molar-refractivity contribution is 6.39. The Labute approximate surface area is 130 Å². The van der Waals surface area contributed by atoms with Crippen molar-refractivity contribution in [1.82, 2.24) is 4.68 Å². The van der Waals surface area contributed by atoms with Gasteiger partial charge in [-0.05, 0) is 29.8 Å². The lowest BCUT2D eigenvalue weighted by Crippen LogP contribution is -2.06. The molecule has 0 amide bonds. The van der Waals surface area contributed by atoms with E-state index in [1.54, 1.807) is 36.4 Å². The van der Waals surface area contributed by atoms with Crippen LogP contribution in [0.25, 0.3) is 22.0 Å². The van der Waals surface area contributed by atoms with Gasteiger partial charge in [0.1, 0.15) is 0 Å². The number of aromatic hydroxyl groups is 1. The lowest BCUT2D eigenvalue weighted by Gasteiger charge is -2.02. The Hall–Kier alpha value is -1.55. The summed E-state index contributed by atoms with van der Waals surface area (Å²) in [5.41, 5.74) is 1.89. The van der Waals surface area contributed by atoms with E-state index in [1.807, 2.05) is 0 Å². The molecule has 0 saturated carbocycles. The number of halogens is 3. The molecule has 102 valence electrons. The van der Waals surface area contributed by atoms with Crippen molar-refractivity contribution < 1.29 is 5.11 Å². The van der Waals surface area contributed by atoms with Crippen molar-refractivity contribution in [2.24, 2.45) is 0 Å². The first-order valence-corrected chi connectivity index (χ1v) is 6.86. The van der Waals surface area contributed by atoms with E-state index in [2.05, 4.69) is 0 Å². The molecule has 0 aliphatic carbocycles. The molecular formula is C14H9Cl3N2O. The summed E-state index contributed by atoms with van der Waals surface area (Å²) in [6, 6.07) is 10.3. The Balaban J connectivity index is 2.41. The molecule has 1 heterocycles. The number of hydrogen-bond donors (Lipinski definition) is 2. The highest BCUT2D eigenvalue weighted by Gasteiger charge is 2.19. The predicted molar refractivity (Wildman–Crippen MR) is 84.2 cm³/mol. The van der Waals surface area contributed by atoms with E-state index in [9.17, 15) is 5.11 Å².